The number of rotatable bonds is 9. The molecule has 1 aromatic heterocycles. The number of esters is 1. The van der Waals surface area contributed by atoms with Crippen molar-refractivity contribution < 1.29 is 19.1 Å². The summed E-state index contributed by atoms with van der Waals surface area (Å²) in [6.07, 6.45) is 0.913. The van der Waals surface area contributed by atoms with Crippen molar-refractivity contribution in [2.45, 2.75) is 60.3 Å². The third-order valence-corrected chi connectivity index (χ3v) is 5.92. The molecule has 0 saturated carbocycles. The molecule has 0 aliphatic rings. The molecule has 0 spiro atoms. The van der Waals surface area contributed by atoms with E-state index in [1.807, 2.05) is 26.0 Å². The molecule has 0 atom stereocenters. The summed E-state index contributed by atoms with van der Waals surface area (Å²) in [4.78, 5) is 25.5. The number of ether oxygens (including phenoxy) is 2. The van der Waals surface area contributed by atoms with Gasteiger partial charge in [0.05, 0.1) is 18.8 Å². The molecule has 0 aliphatic carbocycles. The Balaban J connectivity index is 1.87. The normalized spacial score (nSPS) is 10.9. The van der Waals surface area contributed by atoms with Crippen LogP contribution in [0.3, 0.4) is 0 Å². The maximum Gasteiger partial charge on any atom is 0.341 e. The van der Waals surface area contributed by atoms with Crippen LogP contribution < -0.4 is 10.1 Å². The fourth-order valence-electron chi connectivity index (χ4n) is 3.16. The number of aryl methyl sites for hydroxylation is 2. The molecule has 6 heteroatoms. The first-order chi connectivity index (χ1) is 13.7. The fourth-order valence-corrected chi connectivity index (χ4v) is 4.23. The number of benzene rings is 1. The van der Waals surface area contributed by atoms with Crippen LogP contribution >= 0.6 is 11.3 Å². The third-order valence-electron chi connectivity index (χ3n) is 4.80. The van der Waals surface area contributed by atoms with E-state index < -0.39 is 5.97 Å². The van der Waals surface area contributed by atoms with Gasteiger partial charge in [-0.1, -0.05) is 19.9 Å². The second kappa shape index (κ2) is 10.4. The number of carbonyl (C=O) groups excluding carboxylic acids is 2. The summed E-state index contributed by atoms with van der Waals surface area (Å²) < 4.78 is 10.9. The van der Waals surface area contributed by atoms with Crippen molar-refractivity contribution in [2.24, 2.45) is 0 Å². The van der Waals surface area contributed by atoms with Crippen LogP contribution in [0.1, 0.15) is 71.5 Å². The molecule has 2 aromatic rings. The van der Waals surface area contributed by atoms with Gasteiger partial charge in [0.1, 0.15) is 10.8 Å². The second-order valence-corrected chi connectivity index (χ2v) is 8.61. The summed E-state index contributed by atoms with van der Waals surface area (Å²) >= 11 is 1.40. The van der Waals surface area contributed by atoms with E-state index in [-0.39, 0.29) is 5.91 Å². The molecule has 1 amide bonds. The van der Waals surface area contributed by atoms with Gasteiger partial charge in [0.2, 0.25) is 5.91 Å². The smallest absolute Gasteiger partial charge is 0.341 e. The Bertz CT molecular complexity index is 870. The zero-order valence-electron chi connectivity index (χ0n) is 18.2. The number of hydrogen-bond acceptors (Lipinski definition) is 5. The maximum atomic E-state index is 12.3. The Morgan fingerprint density at radius 2 is 1.90 bits per heavy atom. The molecule has 0 fully saturated rings. The van der Waals surface area contributed by atoms with Gasteiger partial charge in [0, 0.05) is 11.3 Å². The topological polar surface area (TPSA) is 64.6 Å². The monoisotopic (exact) mass is 417 g/mol. The van der Waals surface area contributed by atoms with Crippen LogP contribution in [-0.2, 0) is 9.53 Å². The molecule has 5 nitrogen and oxygen atoms in total. The van der Waals surface area contributed by atoms with E-state index >= 15 is 0 Å². The van der Waals surface area contributed by atoms with Gasteiger partial charge < -0.3 is 14.8 Å². The van der Waals surface area contributed by atoms with Crippen LogP contribution in [-0.4, -0.2) is 25.1 Å². The van der Waals surface area contributed by atoms with Crippen LogP contribution in [0.2, 0.25) is 0 Å². The Hall–Kier alpha value is -2.34. The molecule has 0 saturated heterocycles. The zero-order chi connectivity index (χ0) is 21.6. The van der Waals surface area contributed by atoms with Gasteiger partial charge in [0.15, 0.2) is 0 Å². The van der Waals surface area contributed by atoms with Crippen molar-refractivity contribution in [3.05, 3.63) is 45.3 Å². The summed E-state index contributed by atoms with van der Waals surface area (Å²) in [7, 11) is 0. The van der Waals surface area contributed by atoms with E-state index in [2.05, 4.69) is 32.2 Å². The third kappa shape index (κ3) is 6.07. The Kier molecular flexibility index (Phi) is 8.26. The highest BCUT2D eigenvalue weighted by atomic mass is 32.1. The number of hydrogen-bond donors (Lipinski definition) is 1. The van der Waals surface area contributed by atoms with E-state index in [4.69, 9.17) is 9.47 Å². The van der Waals surface area contributed by atoms with Crippen molar-refractivity contribution in [1.82, 2.24) is 0 Å². The standard InChI is InChI=1S/C23H31NO4S/c1-7-27-23(26)21-16(5)17(6)29-22(21)24-20(25)9-8-12-28-18-10-11-19(14(2)3)15(4)13-18/h10-11,13-14H,7-9,12H2,1-6H3,(H,24,25). The SMILES string of the molecule is CCOC(=O)c1c(NC(=O)CCCOc2ccc(C(C)C)c(C)c2)sc(C)c1C. The second-order valence-electron chi connectivity index (χ2n) is 7.38. The van der Waals surface area contributed by atoms with Crippen molar-refractivity contribution >= 4 is 28.2 Å². The van der Waals surface area contributed by atoms with Crippen LogP contribution in [0.5, 0.6) is 5.75 Å². The van der Waals surface area contributed by atoms with E-state index in [0.29, 0.717) is 42.5 Å². The van der Waals surface area contributed by atoms with Gasteiger partial charge in [-0.2, -0.15) is 0 Å². The summed E-state index contributed by atoms with van der Waals surface area (Å²) in [5, 5.41) is 3.42. The predicted octanol–water partition coefficient (Wildman–Crippen LogP) is 5.77. The first kappa shape index (κ1) is 22.9. The number of thiophene rings is 1. The quantitative estimate of drug-likeness (QED) is 0.415. The average Bonchev–Trinajstić information content (AvgIpc) is 2.92. The van der Waals surface area contributed by atoms with E-state index in [9.17, 15) is 9.59 Å². The van der Waals surface area contributed by atoms with Gasteiger partial charge in [-0.25, -0.2) is 4.79 Å². The van der Waals surface area contributed by atoms with Crippen molar-refractivity contribution in [3.8, 4) is 5.75 Å². The lowest BCUT2D eigenvalue weighted by Gasteiger charge is -2.12. The highest BCUT2D eigenvalue weighted by molar-refractivity contribution is 7.16. The van der Waals surface area contributed by atoms with Crippen molar-refractivity contribution in [1.29, 1.82) is 0 Å². The minimum atomic E-state index is -0.395. The average molecular weight is 418 g/mol. The summed E-state index contributed by atoms with van der Waals surface area (Å²) in [6, 6.07) is 6.11. The first-order valence-electron chi connectivity index (χ1n) is 10.0. The summed E-state index contributed by atoms with van der Waals surface area (Å²) in [5.41, 5.74) is 3.84. The molecular formula is C23H31NO4S. The molecule has 0 bridgehead atoms. The van der Waals surface area contributed by atoms with Gasteiger partial charge in [-0.05, 0) is 68.9 Å². The Morgan fingerprint density at radius 3 is 2.52 bits per heavy atom. The van der Waals surface area contributed by atoms with Crippen LogP contribution in [0.25, 0.3) is 0 Å². The molecule has 1 heterocycles. The number of nitrogens with one attached hydrogen (secondary N) is 1. The highest BCUT2D eigenvalue weighted by Gasteiger charge is 2.21. The van der Waals surface area contributed by atoms with Gasteiger partial charge in [-0.15, -0.1) is 11.3 Å². The van der Waals surface area contributed by atoms with Crippen LogP contribution in [0.4, 0.5) is 5.00 Å². The van der Waals surface area contributed by atoms with Crippen molar-refractivity contribution in [3.63, 3.8) is 0 Å². The van der Waals surface area contributed by atoms with E-state index in [0.717, 1.165) is 16.2 Å². The van der Waals surface area contributed by atoms with Gasteiger partial charge >= 0.3 is 5.97 Å². The lowest BCUT2D eigenvalue weighted by molar-refractivity contribution is -0.116. The summed E-state index contributed by atoms with van der Waals surface area (Å²) in [6.45, 7) is 12.8. The lowest BCUT2D eigenvalue weighted by Crippen LogP contribution is -2.15. The first-order valence-corrected chi connectivity index (χ1v) is 10.9. The molecule has 1 aromatic carbocycles. The molecular weight excluding hydrogens is 386 g/mol. The molecule has 2 rings (SSSR count). The molecule has 0 aliphatic heterocycles. The maximum absolute atomic E-state index is 12.3. The lowest BCUT2D eigenvalue weighted by atomic mass is 9.98. The van der Waals surface area contributed by atoms with E-state index in [1.54, 1.807) is 6.92 Å². The molecule has 1 N–H and O–H groups in total. The number of carbonyl (C=O) groups is 2. The van der Waals surface area contributed by atoms with Crippen LogP contribution in [0, 0.1) is 20.8 Å². The Morgan fingerprint density at radius 1 is 1.17 bits per heavy atom. The predicted molar refractivity (Wildman–Crippen MR) is 118 cm³/mol. The van der Waals surface area contributed by atoms with Crippen LogP contribution in [0.15, 0.2) is 18.2 Å². The zero-order valence-corrected chi connectivity index (χ0v) is 19.0. The molecule has 29 heavy (non-hydrogen) atoms. The molecule has 0 radical (unpaired) electrons. The highest BCUT2D eigenvalue weighted by Crippen LogP contribution is 2.33. The molecule has 158 valence electrons. The van der Waals surface area contributed by atoms with Crippen molar-refractivity contribution in [2.75, 3.05) is 18.5 Å². The largest absolute Gasteiger partial charge is 0.494 e. The van der Waals surface area contributed by atoms with Gasteiger partial charge in [-0.3, -0.25) is 4.79 Å². The summed E-state index contributed by atoms with van der Waals surface area (Å²) in [5.74, 6) is 0.776. The number of anilines is 1. The minimum Gasteiger partial charge on any atom is -0.494 e. The molecule has 0 unspecified atom stereocenters. The minimum absolute atomic E-state index is 0.133. The fraction of sp³-hybridized carbons (Fsp3) is 0.478. The van der Waals surface area contributed by atoms with E-state index in [1.165, 1.54) is 22.5 Å². The Labute approximate surface area is 177 Å². The number of amides is 1. The van der Waals surface area contributed by atoms with Gasteiger partial charge in [0.25, 0.3) is 0 Å².